The Hall–Kier alpha value is -3.82. The molecule has 15 nitrogen and oxygen atoms in total. The van der Waals surface area contributed by atoms with Crippen molar-refractivity contribution in [2.45, 2.75) is 44.6 Å². The fourth-order valence-electron chi connectivity index (χ4n) is 4.44. The van der Waals surface area contributed by atoms with Gasteiger partial charge in [-0.25, -0.2) is 9.78 Å². The number of pyridine rings is 1. The second kappa shape index (κ2) is 24.4. The molecule has 6 heterocycles. The van der Waals surface area contributed by atoms with E-state index in [1.807, 2.05) is 20.2 Å². The van der Waals surface area contributed by atoms with Gasteiger partial charge in [-0.15, -0.1) is 0 Å². The number of nitrogens with zero attached hydrogens (tertiary/aromatic N) is 8. The van der Waals surface area contributed by atoms with E-state index < -0.39 is 0 Å². The number of likely N-dealkylation sites (N-methyl/N-ethyl adjacent to an activating group) is 2. The number of hydrogen-bond acceptors (Lipinski definition) is 9. The van der Waals surface area contributed by atoms with Crippen LogP contribution in [0.3, 0.4) is 0 Å². The molecule has 4 fully saturated rings. The van der Waals surface area contributed by atoms with Gasteiger partial charge in [-0.3, -0.25) is 19.1 Å². The smallest absolute Gasteiger partial charge is 0.317 e. The fraction of sp³-hybridized carbons (Fsp3) is 0.688. The average molecular weight is 664 g/mol. The van der Waals surface area contributed by atoms with Crippen LogP contribution in [0.15, 0.2) is 41.8 Å². The summed E-state index contributed by atoms with van der Waals surface area (Å²) in [6, 6.07) is 5.82. The summed E-state index contributed by atoms with van der Waals surface area (Å²) in [6.45, 7) is 6.51. The van der Waals surface area contributed by atoms with Crippen molar-refractivity contribution in [3.63, 3.8) is 0 Å². The first-order valence-electron chi connectivity index (χ1n) is 16.1. The Balaban J connectivity index is 0.000000283. The van der Waals surface area contributed by atoms with Crippen LogP contribution in [0.25, 0.3) is 0 Å². The van der Waals surface area contributed by atoms with Crippen LogP contribution in [0.4, 0.5) is 4.79 Å². The van der Waals surface area contributed by atoms with Gasteiger partial charge in [-0.05, 0) is 51.8 Å². The van der Waals surface area contributed by atoms with Gasteiger partial charge >= 0.3 is 6.03 Å². The Labute approximate surface area is 279 Å². The summed E-state index contributed by atoms with van der Waals surface area (Å²) in [7, 11) is 12.9. The van der Waals surface area contributed by atoms with Crippen molar-refractivity contribution in [1.29, 1.82) is 0 Å². The summed E-state index contributed by atoms with van der Waals surface area (Å²) >= 11 is 0. The number of hydrogen-bond donors (Lipinski definition) is 1. The third-order valence-corrected chi connectivity index (χ3v) is 7.65. The first-order chi connectivity index (χ1) is 22.5. The Morgan fingerprint density at radius 3 is 1.96 bits per heavy atom. The third-order valence-electron chi connectivity index (χ3n) is 7.65. The molecular weight excluding hydrogens is 606 g/mol. The lowest BCUT2D eigenvalue weighted by molar-refractivity contribution is -0.140. The van der Waals surface area contributed by atoms with Crippen molar-refractivity contribution >= 4 is 17.8 Å². The van der Waals surface area contributed by atoms with Gasteiger partial charge in [0.05, 0.1) is 13.2 Å². The molecule has 0 saturated carbocycles. The van der Waals surface area contributed by atoms with E-state index in [0.29, 0.717) is 18.6 Å². The maximum atomic E-state index is 10.7. The zero-order chi connectivity index (χ0) is 35.0. The Morgan fingerprint density at radius 2 is 1.60 bits per heavy atom. The molecule has 47 heavy (non-hydrogen) atoms. The molecule has 1 atom stereocenters. The zero-order valence-corrected chi connectivity index (χ0v) is 29.5. The SMILES string of the molecule is CN1CCCCC1=O.CN1CCCNC1=O.CN1CCOCC1=O.COC[C@H]1CCCN1C.Cn1ccccc1=O.Cn1cncn1. The molecule has 266 valence electrons. The second-order valence-corrected chi connectivity index (χ2v) is 11.6. The zero-order valence-electron chi connectivity index (χ0n) is 29.5. The minimum atomic E-state index is 0.0347. The Bertz CT molecular complexity index is 1130. The van der Waals surface area contributed by atoms with Crippen LogP contribution in [-0.2, 0) is 33.2 Å². The van der Waals surface area contributed by atoms with E-state index in [2.05, 4.69) is 27.3 Å². The maximum Gasteiger partial charge on any atom is 0.317 e. The van der Waals surface area contributed by atoms with Gasteiger partial charge in [0.15, 0.2) is 0 Å². The molecule has 0 radical (unpaired) electrons. The highest BCUT2D eigenvalue weighted by Crippen LogP contribution is 2.14. The minimum Gasteiger partial charge on any atom is -0.383 e. The maximum absolute atomic E-state index is 10.7. The first-order valence-corrected chi connectivity index (χ1v) is 16.1. The quantitative estimate of drug-likeness (QED) is 0.498. The summed E-state index contributed by atoms with van der Waals surface area (Å²) in [6.07, 6.45) is 11.6. The normalized spacial score (nSPS) is 19.2. The number of carbonyl (C=O) groups excluding carboxylic acids is 3. The van der Waals surface area contributed by atoms with Crippen LogP contribution < -0.4 is 10.9 Å². The number of likely N-dealkylation sites (tertiary alicyclic amines) is 2. The number of aryl methyl sites for hydroxylation is 2. The van der Waals surface area contributed by atoms with E-state index >= 15 is 0 Å². The van der Waals surface area contributed by atoms with Crippen LogP contribution in [0, 0.1) is 0 Å². The summed E-state index contributed by atoms with van der Waals surface area (Å²) in [4.78, 5) is 53.7. The molecule has 4 amide bonds. The summed E-state index contributed by atoms with van der Waals surface area (Å²) in [5.41, 5.74) is 0.0347. The summed E-state index contributed by atoms with van der Waals surface area (Å²) in [5, 5.41) is 6.44. The summed E-state index contributed by atoms with van der Waals surface area (Å²) < 4.78 is 13.1. The predicted octanol–water partition coefficient (Wildman–Crippen LogP) is 1.06. The Kier molecular flexibility index (Phi) is 21.4. The molecule has 4 saturated heterocycles. The molecule has 0 aliphatic carbocycles. The monoisotopic (exact) mass is 663 g/mol. The molecular formula is C32H57N9O6. The van der Waals surface area contributed by atoms with Crippen LogP contribution in [0.5, 0.6) is 0 Å². The van der Waals surface area contributed by atoms with Crippen molar-refractivity contribution in [2.24, 2.45) is 14.1 Å². The van der Waals surface area contributed by atoms with E-state index in [1.54, 1.807) is 66.2 Å². The van der Waals surface area contributed by atoms with E-state index in [-0.39, 0.29) is 24.1 Å². The van der Waals surface area contributed by atoms with Crippen molar-refractivity contribution in [3.05, 3.63) is 47.4 Å². The van der Waals surface area contributed by atoms with Gasteiger partial charge in [0.2, 0.25) is 17.4 Å². The number of nitrogens with one attached hydrogen (secondary N) is 1. The molecule has 0 bridgehead atoms. The number of methoxy groups -OCH3 is 1. The highest BCUT2D eigenvalue weighted by atomic mass is 16.5. The summed E-state index contributed by atoms with van der Waals surface area (Å²) in [5.74, 6) is 0.382. The van der Waals surface area contributed by atoms with Gasteiger partial charge in [0.25, 0.3) is 0 Å². The first kappa shape index (κ1) is 41.2. The largest absolute Gasteiger partial charge is 0.383 e. The van der Waals surface area contributed by atoms with E-state index in [1.165, 1.54) is 42.8 Å². The number of rotatable bonds is 2. The fourth-order valence-corrected chi connectivity index (χ4v) is 4.44. The van der Waals surface area contributed by atoms with E-state index in [9.17, 15) is 19.2 Å². The third kappa shape index (κ3) is 18.8. The van der Waals surface area contributed by atoms with Gasteiger partial charge in [0.1, 0.15) is 19.3 Å². The minimum absolute atomic E-state index is 0.0347. The van der Waals surface area contributed by atoms with Crippen LogP contribution >= 0.6 is 0 Å². The number of amides is 4. The molecule has 4 aliphatic rings. The molecule has 0 unspecified atom stereocenters. The van der Waals surface area contributed by atoms with Gasteiger partial charge in [-0.2, -0.15) is 5.10 Å². The number of morpholine rings is 1. The van der Waals surface area contributed by atoms with Crippen molar-refractivity contribution in [2.75, 3.05) is 87.8 Å². The lowest BCUT2D eigenvalue weighted by Gasteiger charge is -2.22. The lowest BCUT2D eigenvalue weighted by atomic mass is 10.1. The van der Waals surface area contributed by atoms with Gasteiger partial charge in [0, 0.05) is 93.3 Å². The molecule has 2 aromatic rings. The van der Waals surface area contributed by atoms with Crippen molar-refractivity contribution in [1.82, 2.24) is 44.2 Å². The molecule has 0 aromatic carbocycles. The number of ether oxygens (including phenoxy) is 2. The van der Waals surface area contributed by atoms with Crippen molar-refractivity contribution in [3.8, 4) is 0 Å². The molecule has 0 spiro atoms. The topological polar surface area (TPSA) is 147 Å². The number of carbonyl (C=O) groups is 3. The van der Waals surface area contributed by atoms with Crippen LogP contribution in [0.1, 0.15) is 38.5 Å². The molecule has 15 heteroatoms. The Morgan fingerprint density at radius 1 is 0.872 bits per heavy atom. The standard InChI is InChI=1S/C7H15NO.C6H11NO.C6H7NO.C5H10N2O.C5H9NO2.C3H5N3/c1-8-5-3-4-7(8)6-9-2;2*1-7-5-3-2-4-6(7)8;1-7-4-2-3-6-5(7)8;1-6-2-3-8-4-5(6)7;1-6-3-4-2-5-6/h7H,3-6H2,1-2H3;2-5H2,1H3;2-5H,1H3;2-4H2,1H3,(H,6,8);2-4H2,1H3;2-3H,1H3/t7-;;;;;/m1...../s1. The molecule has 1 N–H and O–H groups in total. The molecule has 4 aliphatic heterocycles. The molecule has 6 rings (SSSR count). The number of urea groups is 1. The number of piperidine rings is 1. The van der Waals surface area contributed by atoms with Crippen molar-refractivity contribution < 1.29 is 23.9 Å². The highest BCUT2D eigenvalue weighted by Gasteiger charge is 2.19. The predicted molar refractivity (Wildman–Crippen MR) is 181 cm³/mol. The van der Waals surface area contributed by atoms with Crippen LogP contribution in [0.2, 0.25) is 0 Å². The second-order valence-electron chi connectivity index (χ2n) is 11.6. The van der Waals surface area contributed by atoms with Gasteiger partial charge in [-0.1, -0.05) is 6.07 Å². The van der Waals surface area contributed by atoms with E-state index in [4.69, 9.17) is 9.47 Å². The average Bonchev–Trinajstić information content (AvgIpc) is 3.71. The lowest BCUT2D eigenvalue weighted by Crippen LogP contribution is -2.43. The van der Waals surface area contributed by atoms with Crippen LogP contribution in [-0.4, -0.2) is 151 Å². The van der Waals surface area contributed by atoms with E-state index in [0.717, 1.165) is 52.0 Å². The van der Waals surface area contributed by atoms with Gasteiger partial charge < -0.3 is 39.0 Å². The highest BCUT2D eigenvalue weighted by molar-refractivity contribution is 5.77. The number of aromatic nitrogens is 4. The molecule has 2 aromatic heterocycles.